The van der Waals surface area contributed by atoms with E-state index < -0.39 is 0 Å². The lowest BCUT2D eigenvalue weighted by atomic mass is 10.2. The van der Waals surface area contributed by atoms with Crippen LogP contribution in [0.3, 0.4) is 0 Å². The number of aromatic amines is 1. The van der Waals surface area contributed by atoms with Gasteiger partial charge in [0.25, 0.3) is 5.56 Å². The minimum absolute atomic E-state index is 0.238. The first-order valence-electron chi connectivity index (χ1n) is 6.74. The number of likely N-dealkylation sites (N-methyl/N-ethyl adjacent to an activating group) is 2. The van der Waals surface area contributed by atoms with Crippen LogP contribution in [0.2, 0.25) is 0 Å². The predicted octanol–water partition coefficient (Wildman–Crippen LogP) is 0.699. The molecule has 6 heteroatoms. The Kier molecular flexibility index (Phi) is 4.42. The quantitative estimate of drug-likeness (QED) is 0.850. The van der Waals surface area contributed by atoms with Gasteiger partial charge in [0, 0.05) is 19.6 Å². The fourth-order valence-electron chi connectivity index (χ4n) is 2.75. The van der Waals surface area contributed by atoms with Gasteiger partial charge in [0.05, 0.1) is 13.4 Å². The minimum Gasteiger partial charge on any atom is -0.489 e. The Labute approximate surface area is 113 Å². The van der Waals surface area contributed by atoms with Gasteiger partial charge in [-0.25, -0.2) is 4.98 Å². The van der Waals surface area contributed by atoms with E-state index in [9.17, 15) is 4.79 Å². The minimum atomic E-state index is -0.238. The number of anilines is 1. The number of likely N-dealkylation sites (tertiary alicyclic amines) is 1. The first kappa shape index (κ1) is 13.9. The summed E-state index contributed by atoms with van der Waals surface area (Å²) in [6.07, 6.45) is 3.86. The zero-order valence-corrected chi connectivity index (χ0v) is 11.8. The Hall–Kier alpha value is -1.56. The number of H-pyrrole nitrogens is 1. The maximum atomic E-state index is 11.7. The molecule has 106 valence electrons. The molecule has 6 nitrogen and oxygen atoms in total. The van der Waals surface area contributed by atoms with E-state index in [4.69, 9.17) is 4.74 Å². The van der Waals surface area contributed by atoms with Crippen molar-refractivity contribution in [3.8, 4) is 5.75 Å². The summed E-state index contributed by atoms with van der Waals surface area (Å²) in [4.78, 5) is 22.9. The highest BCUT2D eigenvalue weighted by molar-refractivity contribution is 5.50. The van der Waals surface area contributed by atoms with Crippen LogP contribution in [0, 0.1) is 0 Å². The van der Waals surface area contributed by atoms with Crippen LogP contribution in [0.25, 0.3) is 0 Å². The van der Waals surface area contributed by atoms with Crippen LogP contribution in [-0.2, 0) is 0 Å². The van der Waals surface area contributed by atoms with E-state index in [2.05, 4.69) is 21.8 Å². The largest absolute Gasteiger partial charge is 0.489 e. The van der Waals surface area contributed by atoms with E-state index in [-0.39, 0.29) is 11.3 Å². The molecule has 1 aliphatic heterocycles. The molecule has 0 bridgehead atoms. The third kappa shape index (κ3) is 2.89. The van der Waals surface area contributed by atoms with Gasteiger partial charge in [0.15, 0.2) is 5.82 Å². The van der Waals surface area contributed by atoms with Crippen molar-refractivity contribution in [2.24, 2.45) is 0 Å². The Balaban J connectivity index is 2.14. The van der Waals surface area contributed by atoms with Gasteiger partial charge in [-0.05, 0) is 25.9 Å². The molecule has 0 spiro atoms. The lowest BCUT2D eigenvalue weighted by Gasteiger charge is -2.28. The molecule has 0 saturated carbocycles. The van der Waals surface area contributed by atoms with Crippen LogP contribution in [0.5, 0.6) is 5.75 Å². The summed E-state index contributed by atoms with van der Waals surface area (Å²) >= 11 is 0. The summed E-state index contributed by atoms with van der Waals surface area (Å²) in [7, 11) is 3.45. The first-order valence-corrected chi connectivity index (χ1v) is 6.74. The highest BCUT2D eigenvalue weighted by Gasteiger charge is 2.25. The number of methoxy groups -OCH3 is 1. The Morgan fingerprint density at radius 3 is 3.11 bits per heavy atom. The number of ether oxygens (including phenoxy) is 1. The van der Waals surface area contributed by atoms with Gasteiger partial charge in [-0.3, -0.25) is 9.69 Å². The fraction of sp³-hybridized carbons (Fsp3) is 0.692. The molecule has 1 saturated heterocycles. The van der Waals surface area contributed by atoms with E-state index >= 15 is 0 Å². The molecular formula is C13H22N4O2. The highest BCUT2D eigenvalue weighted by atomic mass is 16.5. The second-order valence-electron chi connectivity index (χ2n) is 4.89. The molecule has 1 fully saturated rings. The molecule has 0 aromatic carbocycles. The van der Waals surface area contributed by atoms with Crippen molar-refractivity contribution in [1.29, 1.82) is 0 Å². The van der Waals surface area contributed by atoms with Crippen LogP contribution in [-0.4, -0.2) is 54.7 Å². The number of hydrogen-bond donors (Lipinski definition) is 1. The third-order valence-electron chi connectivity index (χ3n) is 3.75. The van der Waals surface area contributed by atoms with Crippen LogP contribution >= 0.6 is 0 Å². The van der Waals surface area contributed by atoms with Crippen molar-refractivity contribution in [2.45, 2.75) is 25.8 Å². The normalized spacial score (nSPS) is 19.6. The monoisotopic (exact) mass is 266 g/mol. The van der Waals surface area contributed by atoms with E-state index in [0.29, 0.717) is 11.9 Å². The van der Waals surface area contributed by atoms with Gasteiger partial charge in [0.2, 0.25) is 5.75 Å². The van der Waals surface area contributed by atoms with Crippen molar-refractivity contribution >= 4 is 5.82 Å². The first-order chi connectivity index (χ1) is 9.17. The molecule has 1 aliphatic rings. The zero-order chi connectivity index (χ0) is 13.8. The van der Waals surface area contributed by atoms with Crippen LogP contribution in [0.15, 0.2) is 11.1 Å². The van der Waals surface area contributed by atoms with Crippen LogP contribution < -0.4 is 15.2 Å². The molecule has 1 atom stereocenters. The lowest BCUT2D eigenvalue weighted by molar-refractivity contribution is 0.270. The van der Waals surface area contributed by atoms with Crippen molar-refractivity contribution in [3.63, 3.8) is 0 Å². The van der Waals surface area contributed by atoms with E-state index in [1.165, 1.54) is 26.3 Å². The number of nitrogens with one attached hydrogen (secondary N) is 1. The Bertz CT molecular complexity index is 474. The fourth-order valence-corrected chi connectivity index (χ4v) is 2.75. The van der Waals surface area contributed by atoms with Crippen molar-refractivity contribution in [3.05, 3.63) is 16.7 Å². The molecular weight excluding hydrogens is 244 g/mol. The van der Waals surface area contributed by atoms with Gasteiger partial charge >= 0.3 is 0 Å². The molecule has 0 amide bonds. The van der Waals surface area contributed by atoms with Gasteiger partial charge in [-0.1, -0.05) is 6.92 Å². The smallest absolute Gasteiger partial charge is 0.295 e. The summed E-state index contributed by atoms with van der Waals surface area (Å²) in [5.74, 6) is 0.889. The summed E-state index contributed by atoms with van der Waals surface area (Å²) in [6.45, 7) is 5.28. The molecule has 2 rings (SSSR count). The Morgan fingerprint density at radius 2 is 2.42 bits per heavy atom. The van der Waals surface area contributed by atoms with E-state index in [0.717, 1.165) is 19.6 Å². The van der Waals surface area contributed by atoms with Gasteiger partial charge < -0.3 is 14.6 Å². The number of nitrogens with zero attached hydrogens (tertiary/aromatic N) is 3. The number of aromatic nitrogens is 2. The van der Waals surface area contributed by atoms with E-state index in [1.54, 1.807) is 0 Å². The maximum absolute atomic E-state index is 11.7. The van der Waals surface area contributed by atoms with Gasteiger partial charge in [-0.15, -0.1) is 0 Å². The van der Waals surface area contributed by atoms with E-state index in [1.807, 2.05) is 11.9 Å². The standard InChI is InChI=1S/C13H22N4O2/c1-4-17-7-5-6-10(17)8-16(2)12-11(19-3)13(18)15-9-14-12/h9-10H,4-8H2,1-3H3,(H,14,15,18). The predicted molar refractivity (Wildman–Crippen MR) is 74.9 cm³/mol. The maximum Gasteiger partial charge on any atom is 0.295 e. The molecule has 1 aromatic heterocycles. The third-order valence-corrected chi connectivity index (χ3v) is 3.75. The molecule has 1 aromatic rings. The summed E-state index contributed by atoms with van der Waals surface area (Å²) < 4.78 is 5.15. The zero-order valence-electron chi connectivity index (χ0n) is 11.8. The van der Waals surface area contributed by atoms with Gasteiger partial charge in [0.1, 0.15) is 0 Å². The molecule has 0 aliphatic carbocycles. The summed E-state index contributed by atoms with van der Waals surface area (Å²) in [5.41, 5.74) is -0.238. The second kappa shape index (κ2) is 6.06. The van der Waals surface area contributed by atoms with Crippen LogP contribution in [0.1, 0.15) is 19.8 Å². The SMILES string of the molecule is CCN1CCCC1CN(C)c1nc[nH]c(=O)c1OC. The van der Waals surface area contributed by atoms with Crippen LogP contribution in [0.4, 0.5) is 5.82 Å². The highest BCUT2D eigenvalue weighted by Crippen LogP contribution is 2.23. The number of hydrogen-bond acceptors (Lipinski definition) is 5. The van der Waals surface area contributed by atoms with Crippen molar-refractivity contribution < 1.29 is 4.74 Å². The Morgan fingerprint density at radius 1 is 1.63 bits per heavy atom. The topological polar surface area (TPSA) is 61.5 Å². The summed E-state index contributed by atoms with van der Waals surface area (Å²) in [5, 5.41) is 0. The van der Waals surface area contributed by atoms with Crippen molar-refractivity contribution in [2.75, 3.05) is 38.7 Å². The molecule has 1 unspecified atom stereocenters. The average molecular weight is 266 g/mol. The molecule has 2 heterocycles. The molecule has 19 heavy (non-hydrogen) atoms. The van der Waals surface area contributed by atoms with Crippen molar-refractivity contribution in [1.82, 2.24) is 14.9 Å². The number of rotatable bonds is 5. The average Bonchev–Trinajstić information content (AvgIpc) is 2.85. The lowest BCUT2D eigenvalue weighted by Crippen LogP contribution is -2.39. The second-order valence-corrected chi connectivity index (χ2v) is 4.89. The molecule has 1 N–H and O–H groups in total. The van der Waals surface area contributed by atoms with Gasteiger partial charge in [-0.2, -0.15) is 0 Å². The summed E-state index contributed by atoms with van der Waals surface area (Å²) in [6, 6.07) is 0.529. The molecule has 0 radical (unpaired) electrons.